The monoisotopic (exact) mass is 358 g/mol. The summed E-state index contributed by atoms with van der Waals surface area (Å²) in [6.07, 6.45) is 6.30. The summed E-state index contributed by atoms with van der Waals surface area (Å²) in [5, 5.41) is 8.54. The minimum atomic E-state index is 0.195. The number of nitrogens with zero attached hydrogens (tertiary/aromatic N) is 6. The third-order valence-electron chi connectivity index (χ3n) is 5.41. The highest BCUT2D eigenvalue weighted by molar-refractivity contribution is 5.95. The summed E-state index contributed by atoms with van der Waals surface area (Å²) < 4.78 is 12.7. The van der Waals surface area contributed by atoms with E-state index in [1.807, 2.05) is 15.8 Å². The lowest BCUT2D eigenvalue weighted by Crippen LogP contribution is -2.47. The van der Waals surface area contributed by atoms with Gasteiger partial charge in [-0.2, -0.15) is 10.1 Å². The highest BCUT2D eigenvalue weighted by atomic mass is 16.5. The molecule has 3 saturated heterocycles. The molecule has 138 valence electrons. The molecule has 0 bridgehead atoms. The van der Waals surface area contributed by atoms with Gasteiger partial charge < -0.3 is 14.2 Å². The first-order chi connectivity index (χ1) is 12.8. The van der Waals surface area contributed by atoms with E-state index in [9.17, 15) is 4.79 Å². The lowest BCUT2D eigenvalue weighted by molar-refractivity contribution is -0.117. The molecule has 0 spiro atoms. The molecular formula is C17H22N6O3. The van der Waals surface area contributed by atoms with Crippen molar-refractivity contribution in [1.29, 1.82) is 0 Å². The first-order valence-corrected chi connectivity index (χ1v) is 9.23. The number of anilines is 1. The number of rotatable bonds is 5. The Hall–Kier alpha value is -2.26. The van der Waals surface area contributed by atoms with Gasteiger partial charge in [0.2, 0.25) is 11.8 Å². The van der Waals surface area contributed by atoms with Gasteiger partial charge in [-0.3, -0.25) is 14.4 Å². The number of ether oxygens (including phenoxy) is 1. The van der Waals surface area contributed by atoms with E-state index >= 15 is 0 Å². The molecule has 9 heteroatoms. The fraction of sp³-hybridized carbons (Fsp3) is 0.647. The van der Waals surface area contributed by atoms with Gasteiger partial charge in [-0.25, -0.2) is 0 Å². The van der Waals surface area contributed by atoms with Crippen LogP contribution in [0.3, 0.4) is 0 Å². The summed E-state index contributed by atoms with van der Waals surface area (Å²) in [4.78, 5) is 20.4. The number of hydrogen-bond donors (Lipinski definition) is 0. The van der Waals surface area contributed by atoms with Crippen molar-refractivity contribution in [3.8, 4) is 0 Å². The van der Waals surface area contributed by atoms with Crippen molar-refractivity contribution >= 4 is 11.6 Å². The van der Waals surface area contributed by atoms with E-state index in [4.69, 9.17) is 9.26 Å². The molecule has 0 radical (unpaired) electrons. The van der Waals surface area contributed by atoms with Crippen LogP contribution in [0, 0.1) is 0 Å². The average molecular weight is 358 g/mol. The van der Waals surface area contributed by atoms with Crippen molar-refractivity contribution in [2.75, 3.05) is 37.7 Å². The third-order valence-corrected chi connectivity index (χ3v) is 5.41. The van der Waals surface area contributed by atoms with Gasteiger partial charge in [-0.15, -0.1) is 0 Å². The molecule has 2 aromatic rings. The number of amides is 1. The zero-order valence-electron chi connectivity index (χ0n) is 14.6. The van der Waals surface area contributed by atoms with Gasteiger partial charge in [-0.1, -0.05) is 5.16 Å². The van der Waals surface area contributed by atoms with E-state index in [-0.39, 0.29) is 11.8 Å². The first kappa shape index (κ1) is 16.0. The third kappa shape index (κ3) is 2.90. The Labute approximate surface area is 150 Å². The molecule has 0 aliphatic carbocycles. The number of carbonyl (C=O) groups is 1. The maximum absolute atomic E-state index is 11.8. The van der Waals surface area contributed by atoms with Crippen LogP contribution in [0.1, 0.15) is 42.9 Å². The predicted octanol–water partition coefficient (Wildman–Crippen LogP) is 0.954. The van der Waals surface area contributed by atoms with Crippen LogP contribution in [-0.2, 0) is 16.1 Å². The second kappa shape index (κ2) is 6.48. The van der Waals surface area contributed by atoms with Crippen LogP contribution in [0.4, 0.5) is 5.69 Å². The van der Waals surface area contributed by atoms with Crippen molar-refractivity contribution in [3.05, 3.63) is 24.1 Å². The maximum Gasteiger partial charge on any atom is 0.232 e. The van der Waals surface area contributed by atoms with Gasteiger partial charge in [-0.05, 0) is 12.8 Å². The molecule has 26 heavy (non-hydrogen) atoms. The molecule has 1 amide bonds. The average Bonchev–Trinajstić information content (AvgIpc) is 3.36. The number of carbonyl (C=O) groups excluding carboxylic acids is 1. The summed E-state index contributed by atoms with van der Waals surface area (Å²) in [5.74, 6) is 1.87. The van der Waals surface area contributed by atoms with Crippen molar-refractivity contribution in [2.45, 2.75) is 37.8 Å². The summed E-state index contributed by atoms with van der Waals surface area (Å²) >= 11 is 0. The Balaban J connectivity index is 1.15. The quantitative estimate of drug-likeness (QED) is 0.786. The van der Waals surface area contributed by atoms with Crippen LogP contribution in [0.5, 0.6) is 0 Å². The van der Waals surface area contributed by atoms with E-state index in [1.54, 1.807) is 6.20 Å². The minimum Gasteiger partial charge on any atom is -0.381 e. The molecular weight excluding hydrogens is 336 g/mol. The number of hydrogen-bond acceptors (Lipinski definition) is 7. The van der Waals surface area contributed by atoms with Crippen LogP contribution in [0.25, 0.3) is 0 Å². The lowest BCUT2D eigenvalue weighted by Gasteiger charge is -2.38. The summed E-state index contributed by atoms with van der Waals surface area (Å²) in [6.45, 7) is 4.72. The highest BCUT2D eigenvalue weighted by Gasteiger charge is 2.32. The SMILES string of the molecule is O=C1CCCN1c1cnn(C2CN(Cc3noc(C4CCOC4)n3)C2)c1. The summed E-state index contributed by atoms with van der Waals surface area (Å²) in [6, 6.07) is 0.330. The molecule has 1 atom stereocenters. The second-order valence-corrected chi connectivity index (χ2v) is 7.28. The highest BCUT2D eigenvalue weighted by Crippen LogP contribution is 2.27. The molecule has 9 nitrogen and oxygen atoms in total. The number of aromatic nitrogens is 4. The van der Waals surface area contributed by atoms with Crippen molar-refractivity contribution in [1.82, 2.24) is 24.8 Å². The maximum atomic E-state index is 11.8. The Morgan fingerprint density at radius 3 is 3.00 bits per heavy atom. The van der Waals surface area contributed by atoms with Gasteiger partial charge in [0, 0.05) is 38.9 Å². The summed E-state index contributed by atoms with van der Waals surface area (Å²) in [7, 11) is 0. The molecule has 5 rings (SSSR count). The van der Waals surface area contributed by atoms with Gasteiger partial charge >= 0.3 is 0 Å². The lowest BCUT2D eigenvalue weighted by atomic mass is 10.1. The number of likely N-dealkylation sites (tertiary alicyclic amines) is 1. The molecule has 0 aromatic carbocycles. The van der Waals surface area contributed by atoms with E-state index in [0.29, 0.717) is 31.5 Å². The molecule has 2 aromatic heterocycles. The van der Waals surface area contributed by atoms with E-state index in [1.165, 1.54) is 0 Å². The van der Waals surface area contributed by atoms with Crippen LogP contribution >= 0.6 is 0 Å². The Morgan fingerprint density at radius 2 is 2.23 bits per heavy atom. The fourth-order valence-corrected chi connectivity index (χ4v) is 3.85. The fourth-order valence-electron chi connectivity index (χ4n) is 3.85. The zero-order chi connectivity index (χ0) is 17.5. The predicted molar refractivity (Wildman–Crippen MR) is 90.6 cm³/mol. The Bertz CT molecular complexity index is 790. The second-order valence-electron chi connectivity index (χ2n) is 7.28. The molecule has 3 fully saturated rings. The standard InChI is InChI=1S/C17H22N6O3/c24-16-2-1-4-22(16)13-6-18-23(9-13)14-7-21(8-14)10-15-19-17(26-20-15)12-3-5-25-11-12/h6,9,12,14H,1-5,7-8,10-11H2. The normalized spacial score (nSPS) is 24.5. The molecule has 0 N–H and O–H groups in total. The van der Waals surface area contributed by atoms with Crippen LogP contribution < -0.4 is 4.90 Å². The molecule has 3 aliphatic rings. The van der Waals surface area contributed by atoms with Gasteiger partial charge in [0.25, 0.3) is 0 Å². The van der Waals surface area contributed by atoms with E-state index < -0.39 is 0 Å². The van der Waals surface area contributed by atoms with E-state index in [0.717, 1.165) is 50.6 Å². The van der Waals surface area contributed by atoms with Gasteiger partial charge in [0.15, 0.2) is 5.82 Å². The Kier molecular flexibility index (Phi) is 3.97. The first-order valence-electron chi connectivity index (χ1n) is 9.23. The Morgan fingerprint density at radius 1 is 1.31 bits per heavy atom. The van der Waals surface area contributed by atoms with Gasteiger partial charge in [0.1, 0.15) is 0 Å². The molecule has 1 unspecified atom stereocenters. The molecule has 5 heterocycles. The van der Waals surface area contributed by atoms with Crippen LogP contribution in [0.2, 0.25) is 0 Å². The van der Waals surface area contributed by atoms with Gasteiger partial charge in [0.05, 0.1) is 37.0 Å². The van der Waals surface area contributed by atoms with E-state index in [2.05, 4.69) is 20.1 Å². The van der Waals surface area contributed by atoms with Crippen LogP contribution in [0.15, 0.2) is 16.9 Å². The minimum absolute atomic E-state index is 0.195. The van der Waals surface area contributed by atoms with Crippen LogP contribution in [-0.4, -0.2) is 63.6 Å². The molecule has 3 aliphatic heterocycles. The smallest absolute Gasteiger partial charge is 0.232 e. The largest absolute Gasteiger partial charge is 0.381 e. The molecule has 0 saturated carbocycles. The summed E-state index contributed by atoms with van der Waals surface area (Å²) in [5.41, 5.74) is 0.910. The van der Waals surface area contributed by atoms with Crippen molar-refractivity contribution < 1.29 is 14.1 Å². The van der Waals surface area contributed by atoms with Crippen molar-refractivity contribution in [2.24, 2.45) is 0 Å². The zero-order valence-corrected chi connectivity index (χ0v) is 14.6. The topological polar surface area (TPSA) is 89.5 Å². The van der Waals surface area contributed by atoms with Crippen molar-refractivity contribution in [3.63, 3.8) is 0 Å².